The zero-order chi connectivity index (χ0) is 25.9. The Labute approximate surface area is 202 Å². The maximum Gasteiger partial charge on any atom is 0.256 e. The Balaban J connectivity index is 1.33. The zero-order valence-corrected chi connectivity index (χ0v) is 18.8. The molecule has 0 aliphatic carbocycles. The summed E-state index contributed by atoms with van der Waals surface area (Å²) >= 11 is 0. The van der Waals surface area contributed by atoms with Crippen LogP contribution in [0.2, 0.25) is 0 Å². The molecule has 9 heteroatoms. The van der Waals surface area contributed by atoms with Crippen molar-refractivity contribution in [3.63, 3.8) is 0 Å². The van der Waals surface area contributed by atoms with Crippen LogP contribution >= 0.6 is 0 Å². The van der Waals surface area contributed by atoms with E-state index in [4.69, 9.17) is 12.2 Å². The van der Waals surface area contributed by atoms with E-state index in [-0.39, 0.29) is 22.9 Å². The van der Waals surface area contributed by atoms with Crippen LogP contribution in [-0.2, 0) is 24.8 Å². The number of ether oxygens (including phenoxy) is 2. The Kier molecular flexibility index (Phi) is 4.68. The number of aromatic nitrogens is 3. The SMILES string of the molecule is [2H]C1([2H])c2ncccc2C(=O)N1Cc1c(F)cc(-c2ccc(OCC3CCO3)c3nn(C)cc23)cc1F. The monoisotopic (exact) mass is 478 g/mol. The van der Waals surface area contributed by atoms with E-state index >= 15 is 8.78 Å². The third-order valence-electron chi connectivity index (χ3n) is 6.26. The number of hydrogen-bond donors (Lipinski definition) is 0. The Morgan fingerprint density at radius 3 is 2.74 bits per heavy atom. The lowest BCUT2D eigenvalue weighted by Gasteiger charge is -2.26. The average Bonchev–Trinajstić information content (AvgIpc) is 3.31. The molecule has 2 aromatic carbocycles. The van der Waals surface area contributed by atoms with Crippen LogP contribution in [0.25, 0.3) is 22.0 Å². The van der Waals surface area contributed by atoms with Gasteiger partial charge < -0.3 is 14.4 Å². The highest BCUT2D eigenvalue weighted by Crippen LogP contribution is 2.36. The number of nitrogens with zero attached hydrogens (tertiary/aromatic N) is 4. The van der Waals surface area contributed by atoms with Gasteiger partial charge in [0.25, 0.3) is 5.91 Å². The first-order valence-electron chi connectivity index (χ1n) is 12.2. The summed E-state index contributed by atoms with van der Waals surface area (Å²) in [6.45, 7) is -1.77. The Morgan fingerprint density at radius 2 is 2.03 bits per heavy atom. The number of carbonyl (C=O) groups is 1. The molecule has 0 N–H and O–H groups in total. The van der Waals surface area contributed by atoms with E-state index in [2.05, 4.69) is 10.1 Å². The standard InChI is InChI=1S/C26H22F2N4O3/c1-31-11-19-17(4-5-24(25(19)30-31)35-14-16-6-8-34-16)15-9-21(27)20(22(28)10-15)12-32-13-23-18(26(32)33)3-2-7-29-23/h2-5,7,9-11,16H,6,8,12-14H2,1H3/i13D2. The van der Waals surface area contributed by atoms with Crippen molar-refractivity contribution in [2.75, 3.05) is 13.2 Å². The smallest absolute Gasteiger partial charge is 0.256 e. The van der Waals surface area contributed by atoms with Crippen molar-refractivity contribution >= 4 is 16.8 Å². The molecule has 6 rings (SSSR count). The van der Waals surface area contributed by atoms with Crippen molar-refractivity contribution in [3.05, 3.63) is 77.2 Å². The number of benzene rings is 2. The topological polar surface area (TPSA) is 69.5 Å². The lowest BCUT2D eigenvalue weighted by molar-refractivity contribution is -0.0718. The van der Waals surface area contributed by atoms with Crippen LogP contribution in [0.15, 0.2) is 48.8 Å². The van der Waals surface area contributed by atoms with Crippen LogP contribution in [-0.4, -0.2) is 44.9 Å². The summed E-state index contributed by atoms with van der Waals surface area (Å²) in [7, 11) is 1.75. The fourth-order valence-corrected chi connectivity index (χ4v) is 4.33. The van der Waals surface area contributed by atoms with Gasteiger partial charge in [0, 0.05) is 43.4 Å². The minimum absolute atomic E-state index is 0.0476. The quantitative estimate of drug-likeness (QED) is 0.415. The largest absolute Gasteiger partial charge is 0.489 e. The van der Waals surface area contributed by atoms with Crippen molar-refractivity contribution in [2.45, 2.75) is 25.6 Å². The predicted octanol–water partition coefficient (Wildman–Crippen LogP) is 4.24. The minimum atomic E-state index is -2.30. The minimum Gasteiger partial charge on any atom is -0.489 e. The van der Waals surface area contributed by atoms with Crippen LogP contribution in [0, 0.1) is 11.6 Å². The van der Waals surface area contributed by atoms with Gasteiger partial charge in [0.1, 0.15) is 29.5 Å². The molecule has 4 aromatic rings. The molecule has 0 radical (unpaired) electrons. The van der Waals surface area contributed by atoms with Gasteiger partial charge in [-0.25, -0.2) is 8.78 Å². The lowest BCUT2D eigenvalue weighted by Crippen LogP contribution is -2.32. The molecule has 2 aliphatic heterocycles. The second-order valence-electron chi connectivity index (χ2n) is 8.59. The second-order valence-corrected chi connectivity index (χ2v) is 8.59. The van der Waals surface area contributed by atoms with Crippen molar-refractivity contribution in [3.8, 4) is 16.9 Å². The van der Waals surface area contributed by atoms with Crippen LogP contribution in [0.1, 0.15) is 30.8 Å². The van der Waals surface area contributed by atoms with Gasteiger partial charge in [-0.3, -0.25) is 14.5 Å². The maximum atomic E-state index is 15.3. The Bertz CT molecular complexity index is 1530. The summed E-state index contributed by atoms with van der Waals surface area (Å²) in [6.07, 6.45) is 4.11. The third kappa shape index (κ3) is 3.81. The molecular formula is C26H22F2N4O3. The third-order valence-corrected chi connectivity index (χ3v) is 6.26. The lowest BCUT2D eigenvalue weighted by atomic mass is 9.99. The first-order chi connectivity index (χ1) is 17.7. The summed E-state index contributed by atoms with van der Waals surface area (Å²) in [4.78, 5) is 17.6. The first kappa shape index (κ1) is 19.5. The summed E-state index contributed by atoms with van der Waals surface area (Å²) in [6, 6.07) is 8.77. The number of carbonyl (C=O) groups excluding carboxylic acids is 1. The molecule has 0 bridgehead atoms. The number of halogens is 2. The number of fused-ring (bicyclic) bond motifs is 2. The van der Waals surface area contributed by atoms with Crippen molar-refractivity contribution < 1.29 is 25.8 Å². The molecule has 2 aliphatic rings. The van der Waals surface area contributed by atoms with E-state index in [1.165, 1.54) is 30.5 Å². The molecule has 1 fully saturated rings. The molecule has 1 amide bonds. The van der Waals surface area contributed by atoms with Gasteiger partial charge in [0.15, 0.2) is 0 Å². The summed E-state index contributed by atoms with van der Waals surface area (Å²) in [5.74, 6) is -1.89. The van der Waals surface area contributed by atoms with Crippen molar-refractivity contribution in [2.24, 2.45) is 7.05 Å². The van der Waals surface area contributed by atoms with Gasteiger partial charge in [-0.2, -0.15) is 5.10 Å². The van der Waals surface area contributed by atoms with Gasteiger partial charge in [0.2, 0.25) is 0 Å². The molecule has 2 aromatic heterocycles. The van der Waals surface area contributed by atoms with Gasteiger partial charge >= 0.3 is 0 Å². The summed E-state index contributed by atoms with van der Waals surface area (Å²) in [5.41, 5.74) is 1.01. The second kappa shape index (κ2) is 8.42. The zero-order valence-electron chi connectivity index (χ0n) is 20.8. The molecule has 1 atom stereocenters. The van der Waals surface area contributed by atoms with E-state index in [0.29, 0.717) is 28.8 Å². The van der Waals surface area contributed by atoms with E-state index in [1.807, 2.05) is 0 Å². The van der Waals surface area contributed by atoms with Gasteiger partial charge in [-0.05, 0) is 47.5 Å². The number of aryl methyl sites for hydroxylation is 1. The molecule has 1 unspecified atom stereocenters. The van der Waals surface area contributed by atoms with Crippen LogP contribution < -0.4 is 4.74 Å². The number of hydrogen-bond acceptors (Lipinski definition) is 5. The molecule has 1 saturated heterocycles. The highest BCUT2D eigenvalue weighted by atomic mass is 19.1. The van der Waals surface area contributed by atoms with Gasteiger partial charge in [-0.1, -0.05) is 0 Å². The van der Waals surface area contributed by atoms with Crippen molar-refractivity contribution in [1.29, 1.82) is 0 Å². The fraction of sp³-hybridized carbons (Fsp3) is 0.269. The van der Waals surface area contributed by atoms with Gasteiger partial charge in [-0.15, -0.1) is 0 Å². The van der Waals surface area contributed by atoms with E-state index in [1.54, 1.807) is 30.1 Å². The molecule has 0 saturated carbocycles. The highest BCUT2D eigenvalue weighted by molar-refractivity contribution is 5.98. The summed E-state index contributed by atoms with van der Waals surface area (Å²) < 4.78 is 60.2. The van der Waals surface area contributed by atoms with Gasteiger partial charge in [0.05, 0.1) is 33.1 Å². The average molecular weight is 478 g/mol. The maximum absolute atomic E-state index is 15.3. The highest BCUT2D eigenvalue weighted by Gasteiger charge is 2.30. The van der Waals surface area contributed by atoms with E-state index < -0.39 is 36.1 Å². The predicted molar refractivity (Wildman–Crippen MR) is 124 cm³/mol. The summed E-state index contributed by atoms with van der Waals surface area (Å²) in [5, 5.41) is 5.13. The molecule has 35 heavy (non-hydrogen) atoms. The molecular weight excluding hydrogens is 454 g/mol. The Morgan fingerprint density at radius 1 is 1.23 bits per heavy atom. The molecule has 178 valence electrons. The van der Waals surface area contributed by atoms with Crippen molar-refractivity contribution in [1.82, 2.24) is 19.7 Å². The Hall–Kier alpha value is -3.85. The van der Waals surface area contributed by atoms with E-state index in [0.717, 1.165) is 17.9 Å². The number of rotatable bonds is 6. The van der Waals surface area contributed by atoms with Crippen LogP contribution in [0.3, 0.4) is 0 Å². The number of pyridine rings is 1. The molecule has 7 nitrogen and oxygen atoms in total. The normalized spacial score (nSPS) is 19.3. The van der Waals surface area contributed by atoms with Crippen LogP contribution in [0.4, 0.5) is 8.78 Å². The van der Waals surface area contributed by atoms with E-state index in [9.17, 15) is 4.79 Å². The number of amides is 1. The fourth-order valence-electron chi connectivity index (χ4n) is 4.33. The van der Waals surface area contributed by atoms with Crippen LogP contribution in [0.5, 0.6) is 5.75 Å². The first-order valence-corrected chi connectivity index (χ1v) is 11.2. The molecule has 4 heterocycles. The molecule has 0 spiro atoms.